The summed E-state index contributed by atoms with van der Waals surface area (Å²) in [6.45, 7) is 6.01. The van der Waals surface area contributed by atoms with E-state index in [1.807, 2.05) is 13.0 Å². The average molecular weight is 487 g/mol. The minimum absolute atomic E-state index is 0.00145. The van der Waals surface area contributed by atoms with Crippen LogP contribution in [0.15, 0.2) is 23.8 Å². The Morgan fingerprint density at radius 3 is 2.43 bits per heavy atom. The normalized spacial score (nSPS) is 39.5. The van der Waals surface area contributed by atoms with Crippen molar-refractivity contribution in [3.05, 3.63) is 23.8 Å². The molecule has 0 aromatic rings. The summed E-state index contributed by atoms with van der Waals surface area (Å²) in [5.41, 5.74) is -1.79. The largest absolute Gasteiger partial charge is 0.469 e. The van der Waals surface area contributed by atoms with Gasteiger partial charge < -0.3 is 14.2 Å². The molecule has 0 aliphatic heterocycles. The zero-order valence-corrected chi connectivity index (χ0v) is 21.1. The Morgan fingerprint density at radius 2 is 1.80 bits per heavy atom. The second-order valence-electron chi connectivity index (χ2n) is 10.9. The third kappa shape index (κ3) is 3.76. The monoisotopic (exact) mass is 486 g/mol. The van der Waals surface area contributed by atoms with Gasteiger partial charge in [0.2, 0.25) is 5.78 Å². The van der Waals surface area contributed by atoms with Crippen molar-refractivity contribution in [2.24, 2.45) is 34.5 Å². The number of hydrogen-bond donors (Lipinski definition) is 0. The van der Waals surface area contributed by atoms with Crippen LogP contribution in [0.4, 0.5) is 0 Å². The van der Waals surface area contributed by atoms with Gasteiger partial charge in [0.1, 0.15) is 0 Å². The molecule has 0 radical (unpaired) electrons. The highest BCUT2D eigenvalue weighted by molar-refractivity contribution is 6.01. The van der Waals surface area contributed by atoms with Crippen molar-refractivity contribution >= 4 is 29.5 Å². The third-order valence-corrected chi connectivity index (χ3v) is 9.32. The van der Waals surface area contributed by atoms with Crippen molar-refractivity contribution in [2.45, 2.75) is 65.4 Å². The van der Waals surface area contributed by atoms with Gasteiger partial charge in [-0.25, -0.2) is 0 Å². The average Bonchev–Trinajstić information content (AvgIpc) is 3.09. The maximum absolute atomic E-state index is 13.6. The predicted octanol–water partition coefficient (Wildman–Crippen LogP) is 3.13. The molecule has 0 heterocycles. The summed E-state index contributed by atoms with van der Waals surface area (Å²) in [7, 11) is 1.35. The second kappa shape index (κ2) is 8.71. The Morgan fingerprint density at radius 1 is 1.09 bits per heavy atom. The molecule has 4 rings (SSSR count). The van der Waals surface area contributed by atoms with Crippen LogP contribution in [-0.2, 0) is 38.2 Å². The second-order valence-corrected chi connectivity index (χ2v) is 10.9. The summed E-state index contributed by atoms with van der Waals surface area (Å²) in [6, 6.07) is 0. The molecule has 8 heteroatoms. The molecule has 35 heavy (non-hydrogen) atoms. The van der Waals surface area contributed by atoms with Gasteiger partial charge in [0.15, 0.2) is 18.0 Å². The summed E-state index contributed by atoms with van der Waals surface area (Å²) in [4.78, 5) is 62.6. The maximum atomic E-state index is 13.6. The molecule has 0 N–H and O–H groups in total. The van der Waals surface area contributed by atoms with E-state index in [4.69, 9.17) is 14.2 Å². The van der Waals surface area contributed by atoms with Gasteiger partial charge in [-0.3, -0.25) is 24.0 Å². The number of methoxy groups -OCH3 is 1. The highest BCUT2D eigenvalue weighted by atomic mass is 16.6. The highest BCUT2D eigenvalue weighted by Crippen LogP contribution is 2.69. The van der Waals surface area contributed by atoms with Gasteiger partial charge in [0.25, 0.3) is 0 Å². The Hall–Kier alpha value is -2.77. The van der Waals surface area contributed by atoms with E-state index in [0.29, 0.717) is 12.8 Å². The van der Waals surface area contributed by atoms with Crippen LogP contribution in [0.2, 0.25) is 0 Å². The smallest absolute Gasteiger partial charge is 0.309 e. The van der Waals surface area contributed by atoms with E-state index in [2.05, 4.69) is 6.92 Å². The molecule has 0 aromatic carbocycles. The number of esters is 3. The first-order valence-corrected chi connectivity index (χ1v) is 12.3. The van der Waals surface area contributed by atoms with Gasteiger partial charge in [-0.1, -0.05) is 25.5 Å². The number of carbonyl (C=O) groups excluding carboxylic acids is 5. The number of fused-ring (bicyclic) bond motifs is 5. The molecule has 4 aliphatic carbocycles. The lowest BCUT2D eigenvalue weighted by Gasteiger charge is -2.60. The third-order valence-electron chi connectivity index (χ3n) is 9.32. The molecule has 0 unspecified atom stereocenters. The van der Waals surface area contributed by atoms with Crippen molar-refractivity contribution in [2.75, 3.05) is 13.7 Å². The number of Topliss-reactive ketones (excluding diaryl/α,β-unsaturated/α-hetero) is 1. The number of ketones is 2. The maximum Gasteiger partial charge on any atom is 0.309 e. The Balaban J connectivity index is 1.81. The van der Waals surface area contributed by atoms with Crippen LogP contribution in [0.3, 0.4) is 0 Å². The molecular weight excluding hydrogens is 452 g/mol. The summed E-state index contributed by atoms with van der Waals surface area (Å²) >= 11 is 0. The summed E-state index contributed by atoms with van der Waals surface area (Å²) in [5, 5.41) is 0. The van der Waals surface area contributed by atoms with E-state index in [0.717, 1.165) is 18.4 Å². The molecular formula is C27H34O8. The zero-order valence-electron chi connectivity index (χ0n) is 21.1. The van der Waals surface area contributed by atoms with Crippen LogP contribution in [0.5, 0.6) is 0 Å². The molecule has 0 aromatic heterocycles. The molecule has 0 saturated heterocycles. The van der Waals surface area contributed by atoms with E-state index in [-0.39, 0.29) is 35.9 Å². The number of rotatable bonds is 5. The van der Waals surface area contributed by atoms with Crippen LogP contribution in [0.1, 0.15) is 59.8 Å². The zero-order chi connectivity index (χ0) is 25.8. The topological polar surface area (TPSA) is 113 Å². The van der Waals surface area contributed by atoms with E-state index in [9.17, 15) is 24.0 Å². The fourth-order valence-electron chi connectivity index (χ4n) is 7.96. The summed E-state index contributed by atoms with van der Waals surface area (Å²) in [5.74, 6) is -2.68. The standard InChI is InChI=1S/C27H34O8/c1-15(28)34-14-22(31)27(35-16(2)29)11-9-21-19-7-6-17-12-18(30)8-10-25(17,3)23(19)20(24(32)33-5)13-26(21,27)4/h8,10,12,19-21,23H,6-7,9,11,13-14H2,1-5H3/t19-,20-,21-,23+,25-,26-,27-/m0/s1. The van der Waals surface area contributed by atoms with Crippen molar-refractivity contribution < 1.29 is 38.2 Å². The summed E-state index contributed by atoms with van der Waals surface area (Å²) < 4.78 is 16.1. The Kier molecular flexibility index (Phi) is 6.31. The molecule has 190 valence electrons. The van der Waals surface area contributed by atoms with Crippen molar-refractivity contribution in [3.63, 3.8) is 0 Å². The minimum Gasteiger partial charge on any atom is -0.469 e. The lowest BCUT2D eigenvalue weighted by Crippen LogP contribution is -2.62. The van der Waals surface area contributed by atoms with Gasteiger partial charge in [0, 0.05) is 24.7 Å². The van der Waals surface area contributed by atoms with Crippen LogP contribution in [0, 0.1) is 34.5 Å². The first-order valence-electron chi connectivity index (χ1n) is 12.3. The number of hydrogen-bond acceptors (Lipinski definition) is 8. The quantitative estimate of drug-likeness (QED) is 0.430. The molecule has 7 atom stereocenters. The minimum atomic E-state index is -1.49. The van der Waals surface area contributed by atoms with Crippen molar-refractivity contribution in [1.82, 2.24) is 0 Å². The predicted molar refractivity (Wildman–Crippen MR) is 124 cm³/mol. The lowest BCUT2D eigenvalue weighted by atomic mass is 9.44. The van der Waals surface area contributed by atoms with Crippen LogP contribution in [-0.4, -0.2) is 48.8 Å². The number of allylic oxidation sites excluding steroid dienone is 4. The number of ether oxygens (including phenoxy) is 3. The molecule has 0 bridgehead atoms. The van der Waals surface area contributed by atoms with Gasteiger partial charge in [-0.05, 0) is 62.0 Å². The fraction of sp³-hybridized carbons (Fsp3) is 0.667. The molecule has 0 spiro atoms. The first kappa shape index (κ1) is 25.3. The van der Waals surface area contributed by atoms with Crippen molar-refractivity contribution in [3.8, 4) is 0 Å². The van der Waals surface area contributed by atoms with E-state index in [1.54, 1.807) is 12.2 Å². The first-order chi connectivity index (χ1) is 16.4. The molecule has 4 aliphatic rings. The van der Waals surface area contributed by atoms with Gasteiger partial charge in [-0.2, -0.15) is 0 Å². The number of carbonyl (C=O) groups is 5. The molecule has 3 saturated carbocycles. The van der Waals surface area contributed by atoms with Crippen molar-refractivity contribution in [1.29, 1.82) is 0 Å². The van der Waals surface area contributed by atoms with Crippen LogP contribution >= 0.6 is 0 Å². The van der Waals surface area contributed by atoms with Crippen LogP contribution in [0.25, 0.3) is 0 Å². The van der Waals surface area contributed by atoms with Gasteiger partial charge in [-0.15, -0.1) is 0 Å². The molecule has 3 fully saturated rings. The van der Waals surface area contributed by atoms with E-state index >= 15 is 0 Å². The van der Waals surface area contributed by atoms with Gasteiger partial charge >= 0.3 is 17.9 Å². The van der Waals surface area contributed by atoms with E-state index < -0.39 is 46.7 Å². The van der Waals surface area contributed by atoms with E-state index in [1.165, 1.54) is 21.0 Å². The molecule has 0 amide bonds. The Labute approximate surface area is 205 Å². The lowest BCUT2D eigenvalue weighted by molar-refractivity contribution is -0.197. The highest BCUT2D eigenvalue weighted by Gasteiger charge is 2.71. The SMILES string of the molecule is COC(=O)[C@H]1C[C@@]2(C)[C@@H](CC[C@]2(OC(C)=O)C(=O)COC(C)=O)[C@@H]2CCC3=CC(=O)C=C[C@]3(C)[C@H]21. The molecule has 8 nitrogen and oxygen atoms in total. The Bertz CT molecular complexity index is 1040. The van der Waals surface area contributed by atoms with Crippen LogP contribution < -0.4 is 0 Å². The summed E-state index contributed by atoms with van der Waals surface area (Å²) in [6.07, 6.45) is 7.91. The fourth-order valence-corrected chi connectivity index (χ4v) is 7.96. The van der Waals surface area contributed by atoms with Gasteiger partial charge in [0.05, 0.1) is 13.0 Å².